The van der Waals surface area contributed by atoms with Crippen LogP contribution < -0.4 is 5.73 Å². The van der Waals surface area contributed by atoms with Gasteiger partial charge < -0.3 is 10.8 Å². The highest BCUT2D eigenvalue weighted by molar-refractivity contribution is 9.10. The molecular weight excluding hydrogens is 236 g/mol. The highest BCUT2D eigenvalue weighted by Crippen LogP contribution is 2.25. The van der Waals surface area contributed by atoms with Gasteiger partial charge in [0, 0.05) is 4.47 Å². The molecule has 1 rings (SSSR count). The summed E-state index contributed by atoms with van der Waals surface area (Å²) in [5.74, 6) is -1.14. The first-order valence-electron chi connectivity index (χ1n) is 3.28. The van der Waals surface area contributed by atoms with Crippen molar-refractivity contribution in [1.82, 2.24) is 0 Å². The Bertz CT molecular complexity index is 409. The summed E-state index contributed by atoms with van der Waals surface area (Å²) in [6.45, 7) is 0. The third-order valence-corrected chi connectivity index (χ3v) is 2.15. The van der Waals surface area contributed by atoms with Crippen LogP contribution in [0.1, 0.15) is 15.9 Å². The number of nitriles is 1. The molecule has 0 radical (unpaired) electrons. The lowest BCUT2D eigenvalue weighted by Gasteiger charge is -2.03. The zero-order valence-corrected chi connectivity index (χ0v) is 8.00. The van der Waals surface area contributed by atoms with Crippen molar-refractivity contribution in [2.45, 2.75) is 0 Å². The zero-order valence-electron chi connectivity index (χ0n) is 6.41. The lowest BCUT2D eigenvalue weighted by Crippen LogP contribution is -2.03. The molecule has 4 nitrogen and oxygen atoms in total. The number of carbonyl (C=O) groups is 1. The van der Waals surface area contributed by atoms with E-state index in [1.807, 2.05) is 6.07 Å². The van der Waals surface area contributed by atoms with E-state index >= 15 is 0 Å². The standard InChI is InChI=1S/C8H5BrN2O2/c9-6-2-4(3-10)1-5(7(6)11)8(12)13/h1-2H,11H2,(H,12,13). The minimum absolute atomic E-state index is 0.0640. The second-order valence-corrected chi connectivity index (χ2v) is 3.19. The Morgan fingerprint density at radius 1 is 1.62 bits per heavy atom. The number of halogens is 1. The number of carboxylic acid groups (broad SMARTS) is 1. The molecule has 0 unspecified atom stereocenters. The van der Waals surface area contributed by atoms with Gasteiger partial charge in [-0.05, 0) is 28.1 Å². The van der Waals surface area contributed by atoms with E-state index in [9.17, 15) is 4.79 Å². The van der Waals surface area contributed by atoms with Gasteiger partial charge in [0.2, 0.25) is 0 Å². The molecule has 0 saturated carbocycles. The number of anilines is 1. The highest BCUT2D eigenvalue weighted by atomic mass is 79.9. The first kappa shape index (κ1) is 9.55. The molecule has 13 heavy (non-hydrogen) atoms. The summed E-state index contributed by atoms with van der Waals surface area (Å²) in [5, 5.41) is 17.3. The molecule has 1 aromatic carbocycles. The largest absolute Gasteiger partial charge is 0.478 e. The Kier molecular flexibility index (Phi) is 2.54. The van der Waals surface area contributed by atoms with Crippen LogP contribution in [0.15, 0.2) is 16.6 Å². The highest BCUT2D eigenvalue weighted by Gasteiger charge is 2.11. The van der Waals surface area contributed by atoms with Gasteiger partial charge in [-0.3, -0.25) is 0 Å². The van der Waals surface area contributed by atoms with Gasteiger partial charge in [-0.25, -0.2) is 4.79 Å². The van der Waals surface area contributed by atoms with Crippen molar-refractivity contribution in [2.75, 3.05) is 5.73 Å². The van der Waals surface area contributed by atoms with Gasteiger partial charge >= 0.3 is 5.97 Å². The molecule has 0 aromatic heterocycles. The van der Waals surface area contributed by atoms with Gasteiger partial charge in [0.05, 0.1) is 22.9 Å². The summed E-state index contributed by atoms with van der Waals surface area (Å²) in [5.41, 5.74) is 5.80. The SMILES string of the molecule is N#Cc1cc(Br)c(N)c(C(=O)O)c1. The summed E-state index contributed by atoms with van der Waals surface area (Å²) in [6.07, 6.45) is 0. The van der Waals surface area contributed by atoms with Crippen molar-refractivity contribution < 1.29 is 9.90 Å². The number of hydrogen-bond donors (Lipinski definition) is 2. The molecule has 0 bridgehead atoms. The number of nitrogens with zero attached hydrogens (tertiary/aromatic N) is 1. The number of hydrogen-bond acceptors (Lipinski definition) is 3. The second-order valence-electron chi connectivity index (χ2n) is 2.34. The smallest absolute Gasteiger partial charge is 0.337 e. The quantitative estimate of drug-likeness (QED) is 0.731. The van der Waals surface area contributed by atoms with Gasteiger partial charge in [-0.15, -0.1) is 0 Å². The van der Waals surface area contributed by atoms with Crippen LogP contribution in [0.2, 0.25) is 0 Å². The molecular formula is C8H5BrN2O2. The normalized spacial score (nSPS) is 9.23. The first-order chi connectivity index (χ1) is 6.06. The third-order valence-electron chi connectivity index (χ3n) is 1.49. The van der Waals surface area contributed by atoms with Crippen LogP contribution in [0.5, 0.6) is 0 Å². The molecule has 0 aliphatic heterocycles. The minimum atomic E-state index is -1.14. The predicted octanol–water partition coefficient (Wildman–Crippen LogP) is 1.60. The molecule has 5 heteroatoms. The van der Waals surface area contributed by atoms with Crippen LogP contribution in [-0.2, 0) is 0 Å². The lowest BCUT2D eigenvalue weighted by atomic mass is 10.1. The van der Waals surface area contributed by atoms with Crippen LogP contribution in [0.3, 0.4) is 0 Å². The summed E-state index contributed by atoms with van der Waals surface area (Å²) in [6, 6.07) is 4.55. The van der Waals surface area contributed by atoms with Gasteiger partial charge in [0.1, 0.15) is 0 Å². The number of nitrogens with two attached hydrogens (primary N) is 1. The Balaban J connectivity index is 3.44. The van der Waals surface area contributed by atoms with Gasteiger partial charge in [0.15, 0.2) is 0 Å². The fourth-order valence-electron chi connectivity index (χ4n) is 0.859. The van der Waals surface area contributed by atoms with E-state index in [0.29, 0.717) is 4.47 Å². The van der Waals surface area contributed by atoms with Crippen LogP contribution in [0.25, 0.3) is 0 Å². The second kappa shape index (κ2) is 3.46. The van der Waals surface area contributed by atoms with Crippen LogP contribution in [0, 0.1) is 11.3 Å². The molecule has 0 aliphatic carbocycles. The molecule has 0 atom stereocenters. The lowest BCUT2D eigenvalue weighted by molar-refractivity contribution is 0.0698. The Morgan fingerprint density at radius 3 is 2.69 bits per heavy atom. The summed E-state index contributed by atoms with van der Waals surface area (Å²) < 4.78 is 0.420. The third kappa shape index (κ3) is 1.79. The monoisotopic (exact) mass is 240 g/mol. The van der Waals surface area contributed by atoms with Crippen molar-refractivity contribution in [2.24, 2.45) is 0 Å². The van der Waals surface area contributed by atoms with E-state index in [1.165, 1.54) is 12.1 Å². The average molecular weight is 241 g/mol. The zero-order chi connectivity index (χ0) is 10.0. The number of nitrogen functional groups attached to an aromatic ring is 1. The molecule has 0 heterocycles. The number of rotatable bonds is 1. The minimum Gasteiger partial charge on any atom is -0.478 e. The summed E-state index contributed by atoms with van der Waals surface area (Å²) >= 11 is 3.07. The van der Waals surface area contributed by atoms with Crippen LogP contribution >= 0.6 is 15.9 Å². The molecule has 0 aliphatic rings. The van der Waals surface area contributed by atoms with E-state index in [1.54, 1.807) is 0 Å². The molecule has 1 aromatic rings. The number of benzene rings is 1. The van der Waals surface area contributed by atoms with Crippen molar-refractivity contribution in [3.8, 4) is 6.07 Å². The van der Waals surface area contributed by atoms with E-state index in [0.717, 1.165) is 0 Å². The fourth-order valence-corrected chi connectivity index (χ4v) is 1.32. The number of aromatic carboxylic acids is 1. The maximum absolute atomic E-state index is 10.6. The summed E-state index contributed by atoms with van der Waals surface area (Å²) in [4.78, 5) is 10.6. The van der Waals surface area contributed by atoms with E-state index in [4.69, 9.17) is 16.1 Å². The Labute approximate surface area is 82.7 Å². The van der Waals surface area contributed by atoms with Gasteiger partial charge in [0.25, 0.3) is 0 Å². The Hall–Kier alpha value is -1.54. The van der Waals surface area contributed by atoms with Crippen molar-refractivity contribution in [1.29, 1.82) is 5.26 Å². The Morgan fingerprint density at radius 2 is 2.23 bits per heavy atom. The van der Waals surface area contributed by atoms with E-state index in [2.05, 4.69) is 15.9 Å². The van der Waals surface area contributed by atoms with E-state index < -0.39 is 5.97 Å². The molecule has 66 valence electrons. The molecule has 0 spiro atoms. The average Bonchev–Trinajstić information content (AvgIpc) is 2.09. The molecule has 0 amide bonds. The van der Waals surface area contributed by atoms with E-state index in [-0.39, 0.29) is 16.8 Å². The molecule has 0 saturated heterocycles. The predicted molar refractivity (Wildman–Crippen MR) is 50.2 cm³/mol. The van der Waals surface area contributed by atoms with Crippen molar-refractivity contribution >= 4 is 27.6 Å². The first-order valence-corrected chi connectivity index (χ1v) is 4.08. The number of carboxylic acids is 1. The van der Waals surface area contributed by atoms with Gasteiger partial charge in [-0.1, -0.05) is 0 Å². The van der Waals surface area contributed by atoms with Crippen LogP contribution in [0.4, 0.5) is 5.69 Å². The van der Waals surface area contributed by atoms with Crippen molar-refractivity contribution in [3.05, 3.63) is 27.7 Å². The molecule has 3 N–H and O–H groups in total. The maximum Gasteiger partial charge on any atom is 0.337 e. The van der Waals surface area contributed by atoms with Crippen molar-refractivity contribution in [3.63, 3.8) is 0 Å². The molecule has 0 fully saturated rings. The summed E-state index contributed by atoms with van der Waals surface area (Å²) in [7, 11) is 0. The van der Waals surface area contributed by atoms with Gasteiger partial charge in [-0.2, -0.15) is 5.26 Å². The maximum atomic E-state index is 10.6. The topological polar surface area (TPSA) is 87.1 Å². The van der Waals surface area contributed by atoms with Crippen LogP contribution in [-0.4, -0.2) is 11.1 Å². The fraction of sp³-hybridized carbons (Fsp3) is 0.